The summed E-state index contributed by atoms with van der Waals surface area (Å²) in [5.74, 6) is -0.172. The molecule has 0 saturated heterocycles. The molecule has 23 heavy (non-hydrogen) atoms. The van der Waals surface area contributed by atoms with Crippen LogP contribution in [0, 0.1) is 34.5 Å². The molecule has 0 aromatic rings. The molecule has 0 aromatic carbocycles. The molecule has 0 bridgehead atoms. The summed E-state index contributed by atoms with van der Waals surface area (Å²) in [4.78, 5) is 0. The molecule has 2 fully saturated rings. The van der Waals surface area contributed by atoms with Gasteiger partial charge >= 0.3 is 0 Å². The monoisotopic (exact) mass is 321 g/mol. The minimum atomic E-state index is -1.66. The van der Waals surface area contributed by atoms with Crippen LogP contribution in [-0.4, -0.2) is 16.0 Å². The summed E-state index contributed by atoms with van der Waals surface area (Å²) >= 11 is 0. The Kier molecular flexibility index (Phi) is 3.13. The standard InChI is InChI=1S/C19H28FNO2/c1-17-7-8-19(22,23)10-11(17)3-4-12-13(17)5-6-18(2)14(12)9-15(20)16(18)21/h7-8,11-14,22-23H,3-6,9-10,21H2,1-2H3/t11-,12-,13+,14+,17+,18+/m1/s1. The van der Waals surface area contributed by atoms with Crippen LogP contribution in [0.15, 0.2) is 23.7 Å². The summed E-state index contributed by atoms with van der Waals surface area (Å²) in [6, 6.07) is 0. The van der Waals surface area contributed by atoms with E-state index in [1.54, 1.807) is 6.08 Å². The highest BCUT2D eigenvalue weighted by Crippen LogP contribution is 2.66. The van der Waals surface area contributed by atoms with Crippen molar-refractivity contribution in [2.45, 2.75) is 58.2 Å². The van der Waals surface area contributed by atoms with Crippen molar-refractivity contribution in [3.8, 4) is 0 Å². The van der Waals surface area contributed by atoms with Crippen molar-refractivity contribution in [3.05, 3.63) is 23.7 Å². The quantitative estimate of drug-likeness (QED) is 0.474. The lowest BCUT2D eigenvalue weighted by molar-refractivity contribution is -0.166. The van der Waals surface area contributed by atoms with Crippen molar-refractivity contribution in [1.82, 2.24) is 0 Å². The van der Waals surface area contributed by atoms with Gasteiger partial charge in [-0.3, -0.25) is 0 Å². The van der Waals surface area contributed by atoms with E-state index in [1.165, 1.54) is 0 Å². The summed E-state index contributed by atoms with van der Waals surface area (Å²) in [6.45, 7) is 4.42. The Balaban J connectivity index is 1.68. The largest absolute Gasteiger partial charge is 0.400 e. The Morgan fingerprint density at radius 3 is 2.61 bits per heavy atom. The molecule has 0 amide bonds. The molecule has 0 spiro atoms. The van der Waals surface area contributed by atoms with Gasteiger partial charge in [0.05, 0.1) is 0 Å². The van der Waals surface area contributed by atoms with E-state index < -0.39 is 5.79 Å². The highest BCUT2D eigenvalue weighted by molar-refractivity contribution is 5.27. The first kappa shape index (κ1) is 15.6. The third-order valence-corrected chi connectivity index (χ3v) is 7.92. The molecule has 0 aliphatic heterocycles. The maximum atomic E-state index is 14.2. The number of rotatable bonds is 0. The summed E-state index contributed by atoms with van der Waals surface area (Å²) < 4.78 is 14.2. The molecule has 3 nitrogen and oxygen atoms in total. The van der Waals surface area contributed by atoms with Crippen molar-refractivity contribution >= 4 is 0 Å². The lowest BCUT2D eigenvalue weighted by atomic mass is 9.46. The summed E-state index contributed by atoms with van der Waals surface area (Å²) in [7, 11) is 0. The first-order valence-corrected chi connectivity index (χ1v) is 8.97. The van der Waals surface area contributed by atoms with E-state index in [0.717, 1.165) is 25.7 Å². The van der Waals surface area contributed by atoms with Gasteiger partial charge in [0.2, 0.25) is 0 Å². The zero-order chi connectivity index (χ0) is 16.6. The van der Waals surface area contributed by atoms with Crippen LogP contribution in [0.2, 0.25) is 0 Å². The Morgan fingerprint density at radius 1 is 1.13 bits per heavy atom. The molecule has 0 unspecified atom stereocenters. The van der Waals surface area contributed by atoms with Crippen LogP contribution < -0.4 is 5.73 Å². The first-order chi connectivity index (χ1) is 10.7. The topological polar surface area (TPSA) is 66.5 Å². The normalized spacial score (nSPS) is 51.2. The second-order valence-corrected chi connectivity index (χ2v) is 8.91. The van der Waals surface area contributed by atoms with Gasteiger partial charge in [0.1, 0.15) is 5.83 Å². The number of allylic oxidation sites excluding steroid dienone is 3. The van der Waals surface area contributed by atoms with E-state index in [1.807, 2.05) is 6.08 Å². The maximum absolute atomic E-state index is 14.2. The number of fused-ring (bicyclic) bond motifs is 5. The van der Waals surface area contributed by atoms with Crippen LogP contribution in [0.3, 0.4) is 0 Å². The molecule has 0 radical (unpaired) electrons. The zero-order valence-corrected chi connectivity index (χ0v) is 14.1. The second-order valence-electron chi connectivity index (χ2n) is 8.91. The van der Waals surface area contributed by atoms with Gasteiger partial charge < -0.3 is 15.9 Å². The van der Waals surface area contributed by atoms with Gasteiger partial charge in [0.25, 0.3) is 0 Å². The molecule has 4 aliphatic carbocycles. The van der Waals surface area contributed by atoms with Gasteiger partial charge in [-0.25, -0.2) is 4.39 Å². The van der Waals surface area contributed by atoms with E-state index in [9.17, 15) is 14.6 Å². The minimum absolute atomic E-state index is 0.00691. The molecular formula is C19H28FNO2. The van der Waals surface area contributed by atoms with Crippen molar-refractivity contribution in [1.29, 1.82) is 0 Å². The van der Waals surface area contributed by atoms with E-state index in [2.05, 4.69) is 13.8 Å². The third-order valence-electron chi connectivity index (χ3n) is 7.92. The average Bonchev–Trinajstić information content (AvgIpc) is 2.71. The second kappa shape index (κ2) is 4.60. The molecule has 4 N–H and O–H groups in total. The number of hydrogen-bond donors (Lipinski definition) is 3. The van der Waals surface area contributed by atoms with Gasteiger partial charge in [0.15, 0.2) is 5.79 Å². The fourth-order valence-electron chi connectivity index (χ4n) is 6.44. The van der Waals surface area contributed by atoms with Gasteiger partial charge in [-0.15, -0.1) is 0 Å². The SMILES string of the molecule is C[C@]12C=CC(O)(O)C[C@H]1CC[C@@H]1[C@@H]2CC[C@]2(C)C(N)=C(F)C[C@@H]12. The van der Waals surface area contributed by atoms with E-state index in [4.69, 9.17) is 5.73 Å². The molecule has 0 heterocycles. The smallest absolute Gasteiger partial charge is 0.182 e. The summed E-state index contributed by atoms with van der Waals surface area (Å²) in [5, 5.41) is 20.0. The number of aliphatic hydroxyl groups is 2. The first-order valence-electron chi connectivity index (χ1n) is 8.97. The van der Waals surface area contributed by atoms with Crippen LogP contribution in [0.1, 0.15) is 52.4 Å². The number of hydrogen-bond acceptors (Lipinski definition) is 3. The number of halogens is 1. The van der Waals surface area contributed by atoms with Crippen molar-refractivity contribution in [2.75, 3.05) is 0 Å². The fourth-order valence-corrected chi connectivity index (χ4v) is 6.44. The summed E-state index contributed by atoms with van der Waals surface area (Å²) in [5.41, 5.74) is 6.43. The molecule has 128 valence electrons. The Labute approximate surface area is 137 Å². The minimum Gasteiger partial charge on any atom is -0.400 e. The van der Waals surface area contributed by atoms with Gasteiger partial charge in [-0.1, -0.05) is 19.9 Å². The van der Waals surface area contributed by atoms with Gasteiger partial charge in [0, 0.05) is 24.0 Å². The van der Waals surface area contributed by atoms with Crippen LogP contribution >= 0.6 is 0 Å². The Morgan fingerprint density at radius 2 is 1.87 bits per heavy atom. The van der Waals surface area contributed by atoms with Gasteiger partial charge in [-0.2, -0.15) is 0 Å². The molecule has 0 aromatic heterocycles. The van der Waals surface area contributed by atoms with Gasteiger partial charge in [-0.05, 0) is 60.8 Å². The number of nitrogens with two attached hydrogens (primary N) is 1. The van der Waals surface area contributed by atoms with Crippen molar-refractivity contribution in [2.24, 2.45) is 40.2 Å². The predicted octanol–water partition coefficient (Wildman–Crippen LogP) is 3.24. The van der Waals surface area contributed by atoms with E-state index in [0.29, 0.717) is 42.2 Å². The van der Waals surface area contributed by atoms with Crippen LogP contribution in [0.5, 0.6) is 0 Å². The highest BCUT2D eigenvalue weighted by atomic mass is 19.1. The predicted molar refractivity (Wildman–Crippen MR) is 86.5 cm³/mol. The van der Waals surface area contributed by atoms with Crippen molar-refractivity contribution in [3.63, 3.8) is 0 Å². The Hall–Kier alpha value is -0.870. The fraction of sp³-hybridized carbons (Fsp3) is 0.789. The maximum Gasteiger partial charge on any atom is 0.182 e. The molecule has 4 rings (SSSR count). The van der Waals surface area contributed by atoms with E-state index >= 15 is 0 Å². The van der Waals surface area contributed by atoms with Crippen LogP contribution in [0.25, 0.3) is 0 Å². The zero-order valence-electron chi connectivity index (χ0n) is 14.1. The van der Waals surface area contributed by atoms with Crippen LogP contribution in [-0.2, 0) is 0 Å². The molecule has 6 atom stereocenters. The molecule has 4 aliphatic rings. The average molecular weight is 321 g/mol. The summed E-state index contributed by atoms with van der Waals surface area (Å²) in [6.07, 6.45) is 8.56. The molecular weight excluding hydrogens is 293 g/mol. The van der Waals surface area contributed by atoms with E-state index in [-0.39, 0.29) is 16.7 Å². The third kappa shape index (κ3) is 2.00. The Bertz CT molecular complexity index is 598. The molecule has 4 heteroatoms. The molecule has 2 saturated carbocycles. The van der Waals surface area contributed by atoms with Crippen LogP contribution in [0.4, 0.5) is 4.39 Å². The lowest BCUT2D eigenvalue weighted by Crippen LogP contribution is -2.54. The lowest BCUT2D eigenvalue weighted by Gasteiger charge is -2.59. The highest BCUT2D eigenvalue weighted by Gasteiger charge is 2.59. The van der Waals surface area contributed by atoms with Crippen molar-refractivity contribution < 1.29 is 14.6 Å².